The Labute approximate surface area is 154 Å². The van der Waals surface area contributed by atoms with Gasteiger partial charge in [-0.05, 0) is 26.3 Å². The fraction of sp³-hybridized carbons (Fsp3) is 0.412. The quantitative estimate of drug-likeness (QED) is 0.454. The first-order valence-corrected chi connectivity index (χ1v) is 8.91. The van der Waals surface area contributed by atoms with Gasteiger partial charge in [0.1, 0.15) is 0 Å². The number of carbonyl (C=O) groups excluding carboxylic acids is 4. The number of amides is 1. The zero-order valence-electron chi connectivity index (χ0n) is 15.0. The highest BCUT2D eigenvalue weighted by molar-refractivity contribution is 8.04. The van der Waals surface area contributed by atoms with Crippen molar-refractivity contribution in [3.8, 4) is 0 Å². The van der Waals surface area contributed by atoms with Crippen LogP contribution in [0.2, 0.25) is 0 Å². The second-order valence-corrected chi connectivity index (χ2v) is 6.54. The molecular formula is C17H20N2O6S. The smallest absolute Gasteiger partial charge is 0.339 e. The van der Waals surface area contributed by atoms with E-state index in [-0.39, 0.29) is 36.3 Å². The fourth-order valence-electron chi connectivity index (χ4n) is 2.64. The summed E-state index contributed by atoms with van der Waals surface area (Å²) in [4.78, 5) is 52.3. The number of carbonyl (C=O) groups is 4. The SMILES string of the molecule is CCOC(=O)/C=C1\SCC(=O)N1CC(=O)c1[nH]c(C)c(C(=O)OC)c1C. The number of aromatic amines is 1. The number of hydrogen-bond acceptors (Lipinski definition) is 7. The Kier molecular flexibility index (Phi) is 6.25. The second-order valence-electron chi connectivity index (χ2n) is 5.54. The molecule has 0 saturated carbocycles. The highest BCUT2D eigenvalue weighted by atomic mass is 32.2. The molecule has 0 unspecified atom stereocenters. The Hall–Kier alpha value is -2.55. The van der Waals surface area contributed by atoms with Crippen molar-refractivity contribution in [2.45, 2.75) is 20.8 Å². The van der Waals surface area contributed by atoms with E-state index in [1.807, 2.05) is 0 Å². The van der Waals surface area contributed by atoms with Crippen LogP contribution in [-0.2, 0) is 19.1 Å². The van der Waals surface area contributed by atoms with Crippen molar-refractivity contribution in [1.82, 2.24) is 9.88 Å². The van der Waals surface area contributed by atoms with Crippen molar-refractivity contribution in [3.63, 3.8) is 0 Å². The monoisotopic (exact) mass is 380 g/mol. The van der Waals surface area contributed by atoms with E-state index in [9.17, 15) is 19.2 Å². The molecule has 1 aromatic heterocycles. The van der Waals surface area contributed by atoms with Gasteiger partial charge in [-0.2, -0.15) is 0 Å². The number of nitrogens with one attached hydrogen (secondary N) is 1. The fourth-order valence-corrected chi connectivity index (χ4v) is 3.57. The van der Waals surface area contributed by atoms with Gasteiger partial charge in [-0.15, -0.1) is 0 Å². The van der Waals surface area contributed by atoms with E-state index in [0.29, 0.717) is 21.8 Å². The van der Waals surface area contributed by atoms with E-state index in [0.717, 1.165) is 0 Å². The molecule has 1 saturated heterocycles. The number of aryl methyl sites for hydroxylation is 1. The van der Waals surface area contributed by atoms with Gasteiger partial charge >= 0.3 is 11.9 Å². The number of aromatic nitrogens is 1. The standard InChI is InChI=1S/C17H20N2O6S/c1-5-25-14(22)6-13-19(12(21)8-26-13)7-11(20)16-9(2)15(10(3)18-16)17(23)24-4/h6,18H,5,7-8H2,1-4H3/b13-6-. The van der Waals surface area contributed by atoms with Crippen molar-refractivity contribution < 1.29 is 28.7 Å². The minimum Gasteiger partial charge on any atom is -0.465 e. The van der Waals surface area contributed by atoms with Gasteiger partial charge in [0.15, 0.2) is 5.78 Å². The molecule has 9 heteroatoms. The number of thioether (sulfide) groups is 1. The summed E-state index contributed by atoms with van der Waals surface area (Å²) in [7, 11) is 1.27. The number of nitrogens with zero attached hydrogens (tertiary/aromatic N) is 1. The lowest BCUT2D eigenvalue weighted by Gasteiger charge is -2.16. The predicted octanol–water partition coefficient (Wildman–Crippen LogP) is 1.58. The molecule has 140 valence electrons. The van der Waals surface area contributed by atoms with Crippen molar-refractivity contribution >= 4 is 35.4 Å². The van der Waals surface area contributed by atoms with Crippen LogP contribution >= 0.6 is 11.8 Å². The van der Waals surface area contributed by atoms with Crippen molar-refractivity contribution in [2.75, 3.05) is 26.0 Å². The molecule has 0 atom stereocenters. The number of H-pyrrole nitrogens is 1. The summed E-state index contributed by atoms with van der Waals surface area (Å²) >= 11 is 1.17. The molecule has 26 heavy (non-hydrogen) atoms. The highest BCUT2D eigenvalue weighted by Crippen LogP contribution is 2.29. The first-order valence-electron chi connectivity index (χ1n) is 7.92. The molecule has 0 aromatic carbocycles. The maximum atomic E-state index is 12.7. The van der Waals surface area contributed by atoms with Crippen LogP contribution in [0.25, 0.3) is 0 Å². The molecule has 1 amide bonds. The average molecular weight is 380 g/mol. The Balaban J connectivity index is 2.24. The minimum atomic E-state index is -0.568. The maximum Gasteiger partial charge on any atom is 0.339 e. The number of hydrogen-bond donors (Lipinski definition) is 1. The van der Waals surface area contributed by atoms with Gasteiger partial charge in [0.2, 0.25) is 5.91 Å². The third-order valence-corrected chi connectivity index (χ3v) is 4.87. The van der Waals surface area contributed by atoms with Gasteiger partial charge in [-0.25, -0.2) is 9.59 Å². The first kappa shape index (κ1) is 19.8. The van der Waals surface area contributed by atoms with Crippen molar-refractivity contribution in [1.29, 1.82) is 0 Å². The lowest BCUT2D eigenvalue weighted by Crippen LogP contribution is -2.31. The molecule has 1 aromatic rings. The van der Waals surface area contributed by atoms with Gasteiger partial charge in [-0.3, -0.25) is 14.5 Å². The molecular weight excluding hydrogens is 360 g/mol. The number of ketones is 1. The van der Waals surface area contributed by atoms with Gasteiger partial charge in [0, 0.05) is 5.69 Å². The minimum absolute atomic E-state index is 0.147. The Morgan fingerprint density at radius 1 is 1.31 bits per heavy atom. The van der Waals surface area contributed by atoms with Gasteiger partial charge in [0.25, 0.3) is 0 Å². The first-order chi connectivity index (χ1) is 12.3. The summed E-state index contributed by atoms with van der Waals surface area (Å²) in [5.74, 6) is -1.60. The molecule has 0 aliphatic carbocycles. The highest BCUT2D eigenvalue weighted by Gasteiger charge is 2.31. The normalized spacial score (nSPS) is 15.5. The summed E-state index contributed by atoms with van der Waals surface area (Å²) in [5, 5.41) is 0.371. The van der Waals surface area contributed by atoms with Crippen LogP contribution in [0.5, 0.6) is 0 Å². The van der Waals surface area contributed by atoms with E-state index >= 15 is 0 Å². The van der Waals surface area contributed by atoms with E-state index in [2.05, 4.69) is 4.98 Å². The van der Waals surface area contributed by atoms with Crippen LogP contribution in [0, 0.1) is 13.8 Å². The van der Waals surface area contributed by atoms with Crippen LogP contribution in [0.1, 0.15) is 39.0 Å². The molecule has 1 N–H and O–H groups in total. The number of Topliss-reactive ketones (excluding diaryl/α,β-unsaturated/α-hetero) is 1. The molecule has 1 fully saturated rings. The third kappa shape index (κ3) is 3.98. The van der Waals surface area contributed by atoms with E-state index < -0.39 is 11.9 Å². The zero-order valence-corrected chi connectivity index (χ0v) is 15.8. The molecule has 8 nitrogen and oxygen atoms in total. The summed E-state index contributed by atoms with van der Waals surface area (Å²) in [6.45, 7) is 4.97. The van der Waals surface area contributed by atoms with Crippen LogP contribution in [0.4, 0.5) is 0 Å². The summed E-state index contributed by atoms with van der Waals surface area (Å²) in [6, 6.07) is 0. The average Bonchev–Trinajstić information content (AvgIpc) is 3.07. The van der Waals surface area contributed by atoms with Crippen LogP contribution in [0.3, 0.4) is 0 Å². The van der Waals surface area contributed by atoms with Gasteiger partial charge < -0.3 is 14.5 Å². The second kappa shape index (κ2) is 8.22. The molecule has 2 heterocycles. The topological polar surface area (TPSA) is 106 Å². The maximum absolute atomic E-state index is 12.7. The van der Waals surface area contributed by atoms with Crippen LogP contribution < -0.4 is 0 Å². The van der Waals surface area contributed by atoms with Crippen molar-refractivity contribution in [2.24, 2.45) is 0 Å². The van der Waals surface area contributed by atoms with E-state index in [1.54, 1.807) is 20.8 Å². The van der Waals surface area contributed by atoms with E-state index in [4.69, 9.17) is 9.47 Å². The summed E-state index contributed by atoms with van der Waals surface area (Å²) in [6.07, 6.45) is 1.21. The van der Waals surface area contributed by atoms with Crippen molar-refractivity contribution in [3.05, 3.63) is 33.6 Å². The molecule has 1 aliphatic heterocycles. The molecule has 2 rings (SSSR count). The molecule has 0 radical (unpaired) electrons. The van der Waals surface area contributed by atoms with Gasteiger partial charge in [-0.1, -0.05) is 11.8 Å². The largest absolute Gasteiger partial charge is 0.465 e. The number of methoxy groups -OCH3 is 1. The number of esters is 2. The lowest BCUT2D eigenvalue weighted by atomic mass is 10.1. The third-order valence-electron chi connectivity index (χ3n) is 3.85. The Bertz CT molecular complexity index is 795. The zero-order chi connectivity index (χ0) is 19.4. The molecule has 0 spiro atoms. The van der Waals surface area contributed by atoms with Gasteiger partial charge in [0.05, 0.1) is 48.4 Å². The Morgan fingerprint density at radius 3 is 2.62 bits per heavy atom. The molecule has 1 aliphatic rings. The predicted molar refractivity (Wildman–Crippen MR) is 94.8 cm³/mol. The number of rotatable bonds is 6. The summed E-state index contributed by atoms with van der Waals surface area (Å²) < 4.78 is 9.57. The van der Waals surface area contributed by atoms with E-state index in [1.165, 1.54) is 29.8 Å². The Morgan fingerprint density at radius 2 is 2.00 bits per heavy atom. The lowest BCUT2D eigenvalue weighted by molar-refractivity contribution is -0.137. The van der Waals surface area contributed by atoms with Crippen LogP contribution in [-0.4, -0.2) is 59.5 Å². The van der Waals surface area contributed by atoms with Crippen LogP contribution in [0.15, 0.2) is 11.1 Å². The number of ether oxygens (including phenoxy) is 2. The summed E-state index contributed by atoms with van der Waals surface area (Å²) in [5.41, 5.74) is 1.53. The molecule has 0 bridgehead atoms.